The van der Waals surface area contributed by atoms with Crippen molar-refractivity contribution in [2.45, 2.75) is 124 Å². The van der Waals surface area contributed by atoms with E-state index < -0.39 is 11.7 Å². The van der Waals surface area contributed by atoms with Gasteiger partial charge in [0, 0.05) is 21.5 Å². The van der Waals surface area contributed by atoms with Gasteiger partial charge in [0.2, 0.25) is 0 Å². The minimum absolute atomic E-state index is 0.445. The summed E-state index contributed by atoms with van der Waals surface area (Å²) < 4.78 is 48.5. The Balaban J connectivity index is 1.73. The Labute approximate surface area is 358 Å². The third kappa shape index (κ3) is 5.61. The standard InChI is InChI=1S/C55H56F3N3/c1-24-18-41(20-43(19-24)55(56,57)58)42-21-45(60-51-37(14)29(6)25(2)33(10)47(51)48-34(11)26(3)30(7)38(15)52(48)60)44(23-59)46(22-42)61-53-39(16)31(8)27(4)35(12)49(53)50-36(13)28(5)32(9)40(17)54(50)61/h18-22H,1-17H3. The summed E-state index contributed by atoms with van der Waals surface area (Å²) in [5.41, 5.74) is 25.5. The molecule has 8 rings (SSSR count). The smallest absolute Gasteiger partial charge is 0.307 e. The van der Waals surface area contributed by atoms with E-state index in [1.54, 1.807) is 6.92 Å². The lowest BCUT2D eigenvalue weighted by molar-refractivity contribution is -0.137. The van der Waals surface area contributed by atoms with E-state index in [-0.39, 0.29) is 0 Å². The zero-order valence-electron chi connectivity index (χ0n) is 38.9. The lowest BCUT2D eigenvalue weighted by atomic mass is 9.90. The minimum atomic E-state index is -4.54. The zero-order chi connectivity index (χ0) is 44.8. The van der Waals surface area contributed by atoms with E-state index in [0.29, 0.717) is 33.6 Å². The van der Waals surface area contributed by atoms with Crippen molar-refractivity contribution in [2.75, 3.05) is 0 Å². The molecule has 0 aliphatic rings. The molecule has 0 bridgehead atoms. The Morgan fingerprint density at radius 1 is 0.377 bits per heavy atom. The molecule has 0 unspecified atom stereocenters. The number of aromatic nitrogens is 2. The van der Waals surface area contributed by atoms with Gasteiger partial charge in [0.1, 0.15) is 11.6 Å². The van der Waals surface area contributed by atoms with Gasteiger partial charge in [-0.3, -0.25) is 0 Å². The number of aryl methyl sites for hydroxylation is 9. The van der Waals surface area contributed by atoms with Crippen molar-refractivity contribution in [3.8, 4) is 28.6 Å². The summed E-state index contributed by atoms with van der Waals surface area (Å²) in [6.45, 7) is 36.5. The molecule has 6 heteroatoms. The predicted octanol–water partition coefficient (Wildman–Crippen LogP) is 15.7. The van der Waals surface area contributed by atoms with Gasteiger partial charge in [0.15, 0.2) is 0 Å². The molecule has 0 radical (unpaired) electrons. The molecule has 2 aromatic heterocycles. The summed E-state index contributed by atoms with van der Waals surface area (Å²) in [5, 5.41) is 16.4. The van der Waals surface area contributed by atoms with Crippen molar-refractivity contribution < 1.29 is 13.2 Å². The third-order valence-electron chi connectivity index (χ3n) is 15.4. The normalized spacial score (nSPS) is 12.2. The molecule has 0 atom stereocenters. The van der Waals surface area contributed by atoms with E-state index in [4.69, 9.17) is 0 Å². The highest BCUT2D eigenvalue weighted by molar-refractivity contribution is 6.17. The fourth-order valence-corrected chi connectivity index (χ4v) is 10.6. The van der Waals surface area contributed by atoms with Gasteiger partial charge in [0.25, 0.3) is 0 Å². The van der Waals surface area contributed by atoms with Gasteiger partial charge in [-0.05, 0) is 248 Å². The number of hydrogen-bond acceptors (Lipinski definition) is 1. The maximum Gasteiger partial charge on any atom is 0.416 e. The summed E-state index contributed by atoms with van der Waals surface area (Å²) >= 11 is 0. The zero-order valence-corrected chi connectivity index (χ0v) is 38.9. The molecule has 0 amide bonds. The highest BCUT2D eigenvalue weighted by atomic mass is 19.4. The number of halogens is 3. The Hall–Kier alpha value is -5.80. The van der Waals surface area contributed by atoms with Crippen LogP contribution in [0.4, 0.5) is 13.2 Å². The van der Waals surface area contributed by atoms with E-state index in [0.717, 1.165) is 65.9 Å². The molecule has 6 aromatic carbocycles. The van der Waals surface area contributed by atoms with Gasteiger partial charge in [-0.25, -0.2) is 0 Å². The van der Waals surface area contributed by atoms with Crippen molar-refractivity contribution in [2.24, 2.45) is 0 Å². The number of nitrogens with zero attached hydrogens (tertiary/aromatic N) is 3. The maximum atomic E-state index is 14.6. The molecule has 0 aliphatic heterocycles. The number of fused-ring (bicyclic) bond motifs is 6. The van der Waals surface area contributed by atoms with Crippen LogP contribution in [0.5, 0.6) is 0 Å². The number of alkyl halides is 3. The number of nitriles is 1. The SMILES string of the molecule is Cc1cc(-c2cc(-n3c4c(C)c(C)c(C)c(C)c4c4c(C)c(C)c(C)c(C)c43)c(C#N)c(-n3c4c(C)c(C)c(C)c(C)c4c4c(C)c(C)c(C)c(C)c43)c2)cc(C(F)(F)F)c1. The summed E-state index contributed by atoms with van der Waals surface area (Å²) in [6, 6.07) is 11.0. The molecule has 2 heterocycles. The number of rotatable bonds is 3. The van der Waals surface area contributed by atoms with Gasteiger partial charge in [0.05, 0.1) is 39.0 Å². The van der Waals surface area contributed by atoms with Gasteiger partial charge in [-0.1, -0.05) is 6.07 Å². The third-order valence-corrected chi connectivity index (χ3v) is 15.4. The Kier molecular flexibility index (Phi) is 9.52. The number of hydrogen-bond donors (Lipinski definition) is 0. The first-order valence-electron chi connectivity index (χ1n) is 21.3. The van der Waals surface area contributed by atoms with Crippen LogP contribution in [-0.2, 0) is 6.18 Å². The molecule has 0 saturated heterocycles. The Morgan fingerprint density at radius 3 is 0.934 bits per heavy atom. The monoisotopic (exact) mass is 815 g/mol. The van der Waals surface area contributed by atoms with Crippen LogP contribution in [0.25, 0.3) is 66.1 Å². The summed E-state index contributed by atoms with van der Waals surface area (Å²) in [7, 11) is 0. The Bertz CT molecular complexity index is 3020. The second-order valence-corrected chi connectivity index (χ2v) is 18.2. The maximum absolute atomic E-state index is 14.6. The van der Waals surface area contributed by atoms with Crippen molar-refractivity contribution in [3.63, 3.8) is 0 Å². The van der Waals surface area contributed by atoms with Crippen LogP contribution < -0.4 is 0 Å². The molecule has 8 aromatic rings. The summed E-state index contributed by atoms with van der Waals surface area (Å²) in [6.07, 6.45) is -4.54. The first kappa shape index (κ1) is 41.9. The van der Waals surface area contributed by atoms with Crippen molar-refractivity contribution in [1.29, 1.82) is 5.26 Å². The molecule has 0 spiro atoms. The molecule has 3 nitrogen and oxygen atoms in total. The molecular weight excluding hydrogens is 760 g/mol. The van der Waals surface area contributed by atoms with E-state index in [1.807, 2.05) is 18.2 Å². The van der Waals surface area contributed by atoms with Gasteiger partial charge in [-0.2, -0.15) is 18.4 Å². The lowest BCUT2D eigenvalue weighted by Gasteiger charge is -2.22. The van der Waals surface area contributed by atoms with Crippen LogP contribution in [-0.4, -0.2) is 9.13 Å². The van der Waals surface area contributed by atoms with E-state index in [2.05, 4.69) is 126 Å². The predicted molar refractivity (Wildman–Crippen MR) is 251 cm³/mol. The quantitative estimate of drug-likeness (QED) is 0.175. The molecular formula is C55H56F3N3. The summed E-state index contributed by atoms with van der Waals surface area (Å²) in [5.74, 6) is 0. The lowest BCUT2D eigenvalue weighted by Crippen LogP contribution is -2.09. The van der Waals surface area contributed by atoms with Gasteiger partial charge in [-0.15, -0.1) is 0 Å². The molecule has 0 fully saturated rings. The van der Waals surface area contributed by atoms with E-state index in [1.165, 1.54) is 78.9 Å². The molecule has 312 valence electrons. The van der Waals surface area contributed by atoms with Crippen LogP contribution in [0, 0.1) is 129 Å². The fraction of sp³-hybridized carbons (Fsp3) is 0.327. The minimum Gasteiger partial charge on any atom is -0.307 e. The van der Waals surface area contributed by atoms with Crippen LogP contribution in [0.1, 0.15) is 106 Å². The molecule has 0 aliphatic carbocycles. The second-order valence-electron chi connectivity index (χ2n) is 18.2. The highest BCUT2D eigenvalue weighted by Crippen LogP contribution is 2.48. The second kappa shape index (κ2) is 13.9. The fourth-order valence-electron chi connectivity index (χ4n) is 10.6. The summed E-state index contributed by atoms with van der Waals surface area (Å²) in [4.78, 5) is 0. The van der Waals surface area contributed by atoms with Crippen LogP contribution in [0.15, 0.2) is 30.3 Å². The van der Waals surface area contributed by atoms with Crippen LogP contribution >= 0.6 is 0 Å². The molecule has 61 heavy (non-hydrogen) atoms. The highest BCUT2D eigenvalue weighted by Gasteiger charge is 2.33. The molecule has 0 saturated carbocycles. The van der Waals surface area contributed by atoms with Crippen LogP contribution in [0.2, 0.25) is 0 Å². The first-order chi connectivity index (χ1) is 28.5. The van der Waals surface area contributed by atoms with E-state index >= 15 is 0 Å². The van der Waals surface area contributed by atoms with Crippen LogP contribution in [0.3, 0.4) is 0 Å². The first-order valence-corrected chi connectivity index (χ1v) is 21.3. The number of benzene rings is 6. The van der Waals surface area contributed by atoms with Crippen molar-refractivity contribution >= 4 is 43.6 Å². The average Bonchev–Trinajstić information content (AvgIpc) is 3.77. The average molecular weight is 816 g/mol. The van der Waals surface area contributed by atoms with Gasteiger partial charge >= 0.3 is 6.18 Å². The Morgan fingerprint density at radius 2 is 0.656 bits per heavy atom. The molecule has 0 N–H and O–H groups in total. The van der Waals surface area contributed by atoms with Crippen molar-refractivity contribution in [3.05, 3.63) is 136 Å². The van der Waals surface area contributed by atoms with Gasteiger partial charge < -0.3 is 9.13 Å². The largest absolute Gasteiger partial charge is 0.416 e. The van der Waals surface area contributed by atoms with E-state index in [9.17, 15) is 18.4 Å². The topological polar surface area (TPSA) is 33.6 Å². The van der Waals surface area contributed by atoms with Crippen molar-refractivity contribution in [1.82, 2.24) is 9.13 Å².